The Balaban J connectivity index is 2.86. The van der Waals surface area contributed by atoms with E-state index in [0.717, 1.165) is 0 Å². The highest BCUT2D eigenvalue weighted by Gasteiger charge is 2.14. The molecule has 0 spiro atoms. The van der Waals surface area contributed by atoms with Crippen molar-refractivity contribution in [3.63, 3.8) is 0 Å². The van der Waals surface area contributed by atoms with E-state index in [1.807, 2.05) is 13.8 Å². The summed E-state index contributed by atoms with van der Waals surface area (Å²) in [5.74, 6) is 0.641. The summed E-state index contributed by atoms with van der Waals surface area (Å²) < 4.78 is 10.8. The number of nitrogens with zero attached hydrogens (tertiary/aromatic N) is 1. The highest BCUT2D eigenvalue weighted by molar-refractivity contribution is 5.82. The van der Waals surface area contributed by atoms with Gasteiger partial charge in [-0.3, -0.25) is 9.59 Å². The second kappa shape index (κ2) is 7.41. The molecule has 0 unspecified atom stereocenters. The van der Waals surface area contributed by atoms with Gasteiger partial charge in [-0.05, 0) is 26.0 Å². The topological polar surface area (TPSA) is 55.8 Å². The first-order valence-electron chi connectivity index (χ1n) is 6.21. The summed E-state index contributed by atoms with van der Waals surface area (Å²) in [5, 5.41) is 0. The zero-order valence-electron chi connectivity index (χ0n) is 11.5. The smallest absolute Gasteiger partial charge is 0.260 e. The molecule has 0 aliphatic carbocycles. The van der Waals surface area contributed by atoms with E-state index in [2.05, 4.69) is 0 Å². The third kappa shape index (κ3) is 3.98. The van der Waals surface area contributed by atoms with Crippen LogP contribution in [-0.4, -0.2) is 43.9 Å². The molecule has 0 radical (unpaired) electrons. The lowest BCUT2D eigenvalue weighted by atomic mass is 10.2. The standard InChI is InChI=1S/C14H19NO4/c1-4-15(3)13(17)10-19-14-11(9-16)7-6-8-12(14)18-5-2/h6-9H,4-5,10H2,1-3H3. The lowest BCUT2D eigenvalue weighted by Crippen LogP contribution is -2.31. The Labute approximate surface area is 113 Å². The molecule has 0 fully saturated rings. The van der Waals surface area contributed by atoms with Gasteiger partial charge in [0.05, 0.1) is 12.2 Å². The molecule has 1 amide bonds. The van der Waals surface area contributed by atoms with Gasteiger partial charge in [0.1, 0.15) is 0 Å². The quantitative estimate of drug-likeness (QED) is 0.705. The molecule has 0 atom stereocenters. The van der Waals surface area contributed by atoms with Gasteiger partial charge < -0.3 is 14.4 Å². The summed E-state index contributed by atoms with van der Waals surface area (Å²) in [5.41, 5.74) is 0.373. The summed E-state index contributed by atoms with van der Waals surface area (Å²) in [6.07, 6.45) is 0.686. The predicted octanol–water partition coefficient (Wildman–Crippen LogP) is 1.75. The first-order chi connectivity index (χ1) is 9.13. The molecular formula is C14H19NO4. The van der Waals surface area contributed by atoms with E-state index in [9.17, 15) is 9.59 Å². The maximum absolute atomic E-state index is 11.7. The number of ether oxygens (including phenoxy) is 2. The molecule has 1 aromatic rings. The average Bonchev–Trinajstić information content (AvgIpc) is 2.44. The summed E-state index contributed by atoms with van der Waals surface area (Å²) in [6, 6.07) is 5.04. The average molecular weight is 265 g/mol. The van der Waals surface area contributed by atoms with Crippen molar-refractivity contribution in [2.75, 3.05) is 26.8 Å². The zero-order chi connectivity index (χ0) is 14.3. The largest absolute Gasteiger partial charge is 0.490 e. The molecule has 0 saturated heterocycles. The molecule has 1 aromatic carbocycles. The molecule has 5 heteroatoms. The van der Waals surface area contributed by atoms with E-state index < -0.39 is 0 Å². The first kappa shape index (κ1) is 15.0. The number of benzene rings is 1. The van der Waals surface area contributed by atoms with Crippen molar-refractivity contribution in [3.8, 4) is 11.5 Å². The van der Waals surface area contributed by atoms with Crippen molar-refractivity contribution >= 4 is 12.2 Å². The molecule has 0 aliphatic heterocycles. The van der Waals surface area contributed by atoms with Crippen molar-refractivity contribution in [1.82, 2.24) is 4.90 Å². The van der Waals surface area contributed by atoms with E-state index in [4.69, 9.17) is 9.47 Å². The van der Waals surface area contributed by atoms with Crippen LogP contribution in [0.4, 0.5) is 0 Å². The minimum atomic E-state index is -0.148. The van der Waals surface area contributed by atoms with E-state index in [1.54, 1.807) is 30.1 Å². The molecule has 0 saturated carbocycles. The number of para-hydroxylation sites is 1. The van der Waals surface area contributed by atoms with Gasteiger partial charge >= 0.3 is 0 Å². The molecule has 104 valence electrons. The lowest BCUT2D eigenvalue weighted by molar-refractivity contribution is -0.131. The maximum Gasteiger partial charge on any atom is 0.260 e. The second-order valence-corrected chi connectivity index (χ2v) is 3.92. The van der Waals surface area contributed by atoms with Gasteiger partial charge in [-0.25, -0.2) is 0 Å². The first-order valence-corrected chi connectivity index (χ1v) is 6.21. The Morgan fingerprint density at radius 1 is 1.32 bits per heavy atom. The fraction of sp³-hybridized carbons (Fsp3) is 0.429. The Kier molecular flexibility index (Phi) is 5.85. The minimum absolute atomic E-state index is 0.116. The third-order valence-electron chi connectivity index (χ3n) is 2.68. The van der Waals surface area contributed by atoms with Gasteiger partial charge in [0.25, 0.3) is 5.91 Å². The molecule has 0 bridgehead atoms. The van der Waals surface area contributed by atoms with Crippen molar-refractivity contribution in [1.29, 1.82) is 0 Å². The van der Waals surface area contributed by atoms with Gasteiger partial charge in [-0.2, -0.15) is 0 Å². The number of likely N-dealkylation sites (N-methyl/N-ethyl adjacent to an activating group) is 1. The van der Waals surface area contributed by atoms with E-state index in [1.165, 1.54) is 0 Å². The highest BCUT2D eigenvalue weighted by Crippen LogP contribution is 2.30. The molecule has 0 N–H and O–H groups in total. The summed E-state index contributed by atoms with van der Waals surface area (Å²) in [6.45, 7) is 4.67. The van der Waals surface area contributed by atoms with Crippen LogP contribution in [0, 0.1) is 0 Å². The van der Waals surface area contributed by atoms with E-state index in [0.29, 0.717) is 36.5 Å². The third-order valence-corrected chi connectivity index (χ3v) is 2.68. The summed E-state index contributed by atoms with van der Waals surface area (Å²) in [7, 11) is 1.70. The van der Waals surface area contributed by atoms with E-state index in [-0.39, 0.29) is 12.5 Å². The normalized spacial score (nSPS) is 9.84. The zero-order valence-corrected chi connectivity index (χ0v) is 11.5. The summed E-state index contributed by atoms with van der Waals surface area (Å²) in [4.78, 5) is 24.2. The fourth-order valence-electron chi connectivity index (χ4n) is 1.47. The van der Waals surface area contributed by atoms with Crippen molar-refractivity contribution < 1.29 is 19.1 Å². The number of hydrogen-bond acceptors (Lipinski definition) is 4. The molecule has 0 aliphatic rings. The van der Waals surface area contributed by atoms with Crippen LogP contribution in [-0.2, 0) is 4.79 Å². The van der Waals surface area contributed by atoms with Crippen molar-refractivity contribution in [2.45, 2.75) is 13.8 Å². The van der Waals surface area contributed by atoms with Gasteiger partial charge in [0, 0.05) is 13.6 Å². The molecule has 0 aromatic heterocycles. The molecule has 0 heterocycles. The Morgan fingerprint density at radius 3 is 2.63 bits per heavy atom. The Bertz CT molecular complexity index is 445. The van der Waals surface area contributed by atoms with Gasteiger partial charge in [0.15, 0.2) is 24.4 Å². The number of aldehydes is 1. The van der Waals surface area contributed by atoms with Gasteiger partial charge in [-0.1, -0.05) is 6.07 Å². The van der Waals surface area contributed by atoms with Crippen molar-refractivity contribution in [2.24, 2.45) is 0 Å². The number of carbonyl (C=O) groups is 2. The Morgan fingerprint density at radius 2 is 2.05 bits per heavy atom. The molecule has 19 heavy (non-hydrogen) atoms. The monoisotopic (exact) mass is 265 g/mol. The number of carbonyl (C=O) groups excluding carboxylic acids is 2. The number of rotatable bonds is 7. The van der Waals surface area contributed by atoms with Crippen molar-refractivity contribution in [3.05, 3.63) is 23.8 Å². The van der Waals surface area contributed by atoms with E-state index >= 15 is 0 Å². The lowest BCUT2D eigenvalue weighted by Gasteiger charge is -2.17. The van der Waals surface area contributed by atoms with Crippen LogP contribution in [0.15, 0.2) is 18.2 Å². The Hall–Kier alpha value is -2.04. The SMILES string of the molecule is CCOc1cccc(C=O)c1OCC(=O)N(C)CC. The van der Waals surface area contributed by atoms with Crippen LogP contribution in [0.5, 0.6) is 11.5 Å². The summed E-state index contributed by atoms with van der Waals surface area (Å²) >= 11 is 0. The number of hydrogen-bond donors (Lipinski definition) is 0. The molecule has 5 nitrogen and oxygen atoms in total. The maximum atomic E-state index is 11.7. The predicted molar refractivity (Wildman–Crippen MR) is 71.8 cm³/mol. The van der Waals surface area contributed by atoms with Crippen LogP contribution in [0.1, 0.15) is 24.2 Å². The van der Waals surface area contributed by atoms with Crippen LogP contribution < -0.4 is 9.47 Å². The molecular weight excluding hydrogens is 246 g/mol. The van der Waals surface area contributed by atoms with Gasteiger partial charge in [-0.15, -0.1) is 0 Å². The van der Waals surface area contributed by atoms with Gasteiger partial charge in [0.2, 0.25) is 0 Å². The van der Waals surface area contributed by atoms with Crippen LogP contribution >= 0.6 is 0 Å². The fourth-order valence-corrected chi connectivity index (χ4v) is 1.47. The van der Waals surface area contributed by atoms with Crippen LogP contribution in [0.3, 0.4) is 0 Å². The number of amides is 1. The molecule has 1 rings (SSSR count). The van der Waals surface area contributed by atoms with Crippen LogP contribution in [0.25, 0.3) is 0 Å². The van der Waals surface area contributed by atoms with Crippen LogP contribution in [0.2, 0.25) is 0 Å². The highest BCUT2D eigenvalue weighted by atomic mass is 16.5. The second-order valence-electron chi connectivity index (χ2n) is 3.92. The minimum Gasteiger partial charge on any atom is -0.490 e.